The highest BCUT2D eigenvalue weighted by atomic mass is 32.2. The molecule has 2 N–H and O–H groups in total. The maximum atomic E-state index is 12.6. The molecule has 0 bridgehead atoms. The summed E-state index contributed by atoms with van der Waals surface area (Å²) < 4.78 is 31.9. The van der Waals surface area contributed by atoms with Gasteiger partial charge >= 0.3 is 0 Å². The van der Waals surface area contributed by atoms with Crippen molar-refractivity contribution >= 4 is 33.0 Å². The fraction of sp³-hybridized carbons (Fsp3) is 0.333. The van der Waals surface area contributed by atoms with Crippen molar-refractivity contribution in [2.45, 2.75) is 11.3 Å². The predicted octanol–water partition coefficient (Wildman–Crippen LogP) is 1.63. The quantitative estimate of drug-likeness (QED) is 0.706. The summed E-state index contributed by atoms with van der Waals surface area (Å²) >= 11 is 5.28. The SMILES string of the molecule is O=S(=O)(c1ccc(NC(=S)NCCc2ccccn2)cc1)N1CCOCC1. The third-order valence-electron chi connectivity index (χ3n) is 4.11. The highest BCUT2D eigenvalue weighted by Crippen LogP contribution is 2.19. The van der Waals surface area contributed by atoms with E-state index in [9.17, 15) is 8.42 Å². The molecular formula is C18H22N4O3S2. The van der Waals surface area contributed by atoms with Gasteiger partial charge in [0.15, 0.2) is 5.11 Å². The number of morpholine rings is 1. The molecule has 1 aromatic carbocycles. The molecule has 0 aliphatic carbocycles. The van der Waals surface area contributed by atoms with Gasteiger partial charge in [0.1, 0.15) is 0 Å². The number of ether oxygens (including phenoxy) is 1. The first kappa shape index (κ1) is 19.7. The van der Waals surface area contributed by atoms with E-state index in [4.69, 9.17) is 17.0 Å². The van der Waals surface area contributed by atoms with Gasteiger partial charge in [-0.25, -0.2) is 8.42 Å². The Morgan fingerprint density at radius 1 is 1.15 bits per heavy atom. The van der Waals surface area contributed by atoms with Crippen LogP contribution in [0.1, 0.15) is 5.69 Å². The molecule has 0 unspecified atom stereocenters. The molecule has 1 aliphatic heterocycles. The number of thiocarbonyl (C=S) groups is 1. The molecule has 0 atom stereocenters. The Balaban J connectivity index is 1.51. The third kappa shape index (κ3) is 5.46. The summed E-state index contributed by atoms with van der Waals surface area (Å²) in [5.74, 6) is 0. The van der Waals surface area contributed by atoms with Crippen LogP contribution in [0.4, 0.5) is 5.69 Å². The van der Waals surface area contributed by atoms with E-state index in [1.807, 2.05) is 18.2 Å². The number of hydrogen-bond acceptors (Lipinski definition) is 5. The van der Waals surface area contributed by atoms with Gasteiger partial charge in [-0.05, 0) is 48.6 Å². The standard InChI is InChI=1S/C18H22N4O3S2/c23-27(24,22-11-13-25-14-12-22)17-6-4-16(5-7-17)21-18(26)20-10-8-15-3-1-2-9-19-15/h1-7,9H,8,10-14H2,(H2,20,21,26). The summed E-state index contributed by atoms with van der Waals surface area (Å²) in [5.41, 5.74) is 1.72. The van der Waals surface area contributed by atoms with Gasteiger partial charge < -0.3 is 15.4 Å². The summed E-state index contributed by atoms with van der Waals surface area (Å²) in [6.45, 7) is 2.28. The molecule has 1 fully saturated rings. The first-order valence-electron chi connectivity index (χ1n) is 8.68. The van der Waals surface area contributed by atoms with Crippen LogP contribution in [0.2, 0.25) is 0 Å². The number of nitrogens with zero attached hydrogens (tertiary/aromatic N) is 2. The number of pyridine rings is 1. The Kier molecular flexibility index (Phi) is 6.73. The summed E-state index contributed by atoms with van der Waals surface area (Å²) in [6, 6.07) is 12.4. The molecule has 2 aromatic rings. The Bertz CT molecular complexity index is 852. The van der Waals surface area contributed by atoms with E-state index in [2.05, 4.69) is 15.6 Å². The summed E-state index contributed by atoms with van der Waals surface area (Å²) in [6.07, 6.45) is 2.53. The van der Waals surface area contributed by atoms with E-state index in [0.29, 0.717) is 38.0 Å². The fourth-order valence-electron chi connectivity index (χ4n) is 2.67. The zero-order chi connectivity index (χ0) is 19.1. The predicted molar refractivity (Wildman–Crippen MR) is 108 cm³/mol. The summed E-state index contributed by atoms with van der Waals surface area (Å²) in [7, 11) is -3.48. The number of sulfonamides is 1. The van der Waals surface area contributed by atoms with Gasteiger partial charge in [0.05, 0.1) is 18.1 Å². The summed E-state index contributed by atoms with van der Waals surface area (Å²) in [5, 5.41) is 6.66. The second-order valence-electron chi connectivity index (χ2n) is 5.99. The number of aromatic nitrogens is 1. The molecule has 7 nitrogen and oxygen atoms in total. The maximum Gasteiger partial charge on any atom is 0.243 e. The van der Waals surface area contributed by atoms with E-state index in [-0.39, 0.29) is 4.90 Å². The number of benzene rings is 1. The van der Waals surface area contributed by atoms with Crippen molar-refractivity contribution in [3.8, 4) is 0 Å². The molecule has 1 aliphatic rings. The average molecular weight is 407 g/mol. The van der Waals surface area contributed by atoms with Crippen LogP contribution in [0, 0.1) is 0 Å². The monoisotopic (exact) mass is 406 g/mol. The zero-order valence-corrected chi connectivity index (χ0v) is 16.4. The lowest BCUT2D eigenvalue weighted by Crippen LogP contribution is -2.40. The minimum Gasteiger partial charge on any atom is -0.379 e. The van der Waals surface area contributed by atoms with E-state index < -0.39 is 10.0 Å². The maximum absolute atomic E-state index is 12.6. The van der Waals surface area contributed by atoms with E-state index >= 15 is 0 Å². The van der Waals surface area contributed by atoms with Crippen molar-refractivity contribution < 1.29 is 13.2 Å². The smallest absolute Gasteiger partial charge is 0.243 e. The number of anilines is 1. The van der Waals surface area contributed by atoms with Gasteiger partial charge in [0, 0.05) is 43.6 Å². The fourth-order valence-corrected chi connectivity index (χ4v) is 4.30. The molecule has 0 spiro atoms. The molecule has 1 aromatic heterocycles. The molecule has 0 radical (unpaired) electrons. The zero-order valence-electron chi connectivity index (χ0n) is 14.8. The molecule has 0 saturated carbocycles. The lowest BCUT2D eigenvalue weighted by Gasteiger charge is -2.26. The van der Waals surface area contributed by atoms with Crippen molar-refractivity contribution in [2.24, 2.45) is 0 Å². The molecule has 27 heavy (non-hydrogen) atoms. The van der Waals surface area contributed by atoms with Crippen molar-refractivity contribution in [1.29, 1.82) is 0 Å². The molecule has 144 valence electrons. The topological polar surface area (TPSA) is 83.6 Å². The number of nitrogens with one attached hydrogen (secondary N) is 2. The van der Waals surface area contributed by atoms with Gasteiger partial charge in [-0.15, -0.1) is 0 Å². The van der Waals surface area contributed by atoms with Crippen molar-refractivity contribution in [3.63, 3.8) is 0 Å². The van der Waals surface area contributed by atoms with Crippen LogP contribution in [0.15, 0.2) is 53.6 Å². The molecule has 1 saturated heterocycles. The van der Waals surface area contributed by atoms with Crippen LogP contribution in [-0.2, 0) is 21.2 Å². The van der Waals surface area contributed by atoms with E-state index in [0.717, 1.165) is 17.8 Å². The average Bonchev–Trinajstić information content (AvgIpc) is 2.70. The van der Waals surface area contributed by atoms with Crippen LogP contribution in [0.3, 0.4) is 0 Å². The van der Waals surface area contributed by atoms with Gasteiger partial charge in [-0.3, -0.25) is 4.98 Å². The second-order valence-corrected chi connectivity index (χ2v) is 8.34. The Morgan fingerprint density at radius 2 is 1.89 bits per heavy atom. The lowest BCUT2D eigenvalue weighted by atomic mass is 10.3. The van der Waals surface area contributed by atoms with Crippen molar-refractivity contribution in [3.05, 3.63) is 54.4 Å². The number of hydrogen-bond donors (Lipinski definition) is 2. The van der Waals surface area contributed by atoms with Gasteiger partial charge in [-0.2, -0.15) is 4.31 Å². The normalized spacial score (nSPS) is 15.3. The minimum absolute atomic E-state index is 0.268. The number of rotatable bonds is 6. The lowest BCUT2D eigenvalue weighted by molar-refractivity contribution is 0.0730. The molecule has 3 rings (SSSR count). The minimum atomic E-state index is -3.48. The Hall–Kier alpha value is -2.07. The first-order chi connectivity index (χ1) is 13.1. The summed E-state index contributed by atoms with van der Waals surface area (Å²) in [4.78, 5) is 4.53. The van der Waals surface area contributed by atoms with Crippen LogP contribution in [-0.4, -0.2) is 55.7 Å². The van der Waals surface area contributed by atoms with Gasteiger partial charge in [0.25, 0.3) is 0 Å². The Morgan fingerprint density at radius 3 is 2.56 bits per heavy atom. The molecule has 2 heterocycles. The third-order valence-corrected chi connectivity index (χ3v) is 6.27. The highest BCUT2D eigenvalue weighted by molar-refractivity contribution is 7.89. The first-order valence-corrected chi connectivity index (χ1v) is 10.5. The van der Waals surface area contributed by atoms with Gasteiger partial charge in [0.2, 0.25) is 10.0 Å². The Labute approximate surface area is 164 Å². The van der Waals surface area contributed by atoms with E-state index in [1.54, 1.807) is 30.5 Å². The van der Waals surface area contributed by atoms with Crippen LogP contribution in [0.25, 0.3) is 0 Å². The van der Waals surface area contributed by atoms with Crippen LogP contribution in [0.5, 0.6) is 0 Å². The van der Waals surface area contributed by atoms with Crippen molar-refractivity contribution in [1.82, 2.24) is 14.6 Å². The molecular weight excluding hydrogens is 384 g/mol. The van der Waals surface area contributed by atoms with Crippen LogP contribution >= 0.6 is 12.2 Å². The van der Waals surface area contributed by atoms with Crippen LogP contribution < -0.4 is 10.6 Å². The largest absolute Gasteiger partial charge is 0.379 e. The van der Waals surface area contributed by atoms with E-state index in [1.165, 1.54) is 4.31 Å². The molecule has 9 heteroatoms. The second kappa shape index (κ2) is 9.23. The molecule has 0 amide bonds. The van der Waals surface area contributed by atoms with Gasteiger partial charge in [-0.1, -0.05) is 6.07 Å². The highest BCUT2D eigenvalue weighted by Gasteiger charge is 2.26. The van der Waals surface area contributed by atoms with Crippen molar-refractivity contribution in [2.75, 3.05) is 38.2 Å².